The Labute approximate surface area is 273 Å². The van der Waals surface area contributed by atoms with Crippen LogP contribution in [0.25, 0.3) is 0 Å². The summed E-state index contributed by atoms with van der Waals surface area (Å²) in [6.45, 7) is 36.8. The molecule has 0 radical (unpaired) electrons. The van der Waals surface area contributed by atoms with Crippen LogP contribution in [0.4, 0.5) is 0 Å². The molecule has 1 aliphatic rings. The molecule has 9 nitrogen and oxygen atoms in total. The van der Waals surface area contributed by atoms with Crippen molar-refractivity contribution in [3.63, 3.8) is 0 Å². The second kappa shape index (κ2) is 13.2. The monoisotopic (exact) mass is 622 g/mol. The van der Waals surface area contributed by atoms with Crippen molar-refractivity contribution in [2.75, 3.05) is 0 Å². The van der Waals surface area contributed by atoms with E-state index in [1.807, 2.05) is 55.2 Å². The average Bonchev–Trinajstić information content (AvgIpc) is 3.06. The highest BCUT2D eigenvalue weighted by Gasteiger charge is 2.33. The highest BCUT2D eigenvalue weighted by molar-refractivity contribution is 5.46. The summed E-state index contributed by atoms with van der Waals surface area (Å²) < 4.78 is 8.10. The van der Waals surface area contributed by atoms with E-state index in [4.69, 9.17) is 0 Å². The topological polar surface area (TPSA) is 84.2 Å². The van der Waals surface area contributed by atoms with Gasteiger partial charge in [-0.25, -0.2) is 4.98 Å². The van der Waals surface area contributed by atoms with Crippen LogP contribution in [0, 0.1) is 34.6 Å². The molecular weight excluding hydrogens is 558 g/mol. The third-order valence-corrected chi connectivity index (χ3v) is 7.88. The van der Waals surface area contributed by atoms with Crippen molar-refractivity contribution in [1.29, 1.82) is 0 Å². The molecule has 0 saturated carbocycles. The predicted octanol–water partition coefficient (Wildman–Crippen LogP) is 7.63. The van der Waals surface area contributed by atoms with Crippen LogP contribution in [0.15, 0.2) is 6.20 Å². The smallest absolute Gasteiger partial charge is 0.106 e. The molecule has 0 amide bonds. The molecule has 0 aromatic carbocycles. The van der Waals surface area contributed by atoms with Crippen molar-refractivity contribution in [1.82, 2.24) is 44.1 Å². The van der Waals surface area contributed by atoms with Gasteiger partial charge in [0, 0.05) is 78.2 Å². The standard InChI is InChI=1S/C10H18N2.C9H14N2.C9H16N2.C8H15N3/c1-7-8(2)11-12(6)9(7)10(3,4)5;1-9(2,3)8-6-5-7(6)10-11(8)4;1-7-6-10-8(2)11(7)9(3,4)5;1-6-7(8(2,3)4)11(5)10-9-6/h1-6H3;5H2,1-4H3;6H,1-5H3;1-5H3. The third kappa shape index (κ3) is 9.39. The zero-order valence-corrected chi connectivity index (χ0v) is 32.3. The van der Waals surface area contributed by atoms with Gasteiger partial charge in [0.2, 0.25) is 0 Å². The number of rotatable bonds is 0. The second-order valence-corrected chi connectivity index (χ2v) is 16.6. The minimum absolute atomic E-state index is 0.141. The Morgan fingerprint density at radius 2 is 1.09 bits per heavy atom. The first-order valence-electron chi connectivity index (χ1n) is 16.1. The fourth-order valence-electron chi connectivity index (χ4n) is 6.68. The minimum atomic E-state index is 0.141. The third-order valence-electron chi connectivity index (χ3n) is 7.88. The van der Waals surface area contributed by atoms with Gasteiger partial charge in [-0.15, -0.1) is 5.10 Å². The van der Waals surface area contributed by atoms with Gasteiger partial charge in [0.05, 0.1) is 22.8 Å². The van der Waals surface area contributed by atoms with Crippen molar-refractivity contribution >= 4 is 0 Å². The van der Waals surface area contributed by atoms with E-state index >= 15 is 0 Å². The number of hydrogen-bond donors (Lipinski definition) is 0. The summed E-state index contributed by atoms with van der Waals surface area (Å²) in [5.74, 6) is 1.09. The Bertz CT molecular complexity index is 1440. The van der Waals surface area contributed by atoms with Gasteiger partial charge in [-0.2, -0.15) is 10.2 Å². The molecule has 0 bridgehead atoms. The summed E-state index contributed by atoms with van der Waals surface area (Å²) in [4.78, 5) is 4.25. The maximum Gasteiger partial charge on any atom is 0.106 e. The van der Waals surface area contributed by atoms with E-state index < -0.39 is 0 Å². The largest absolute Gasteiger partial charge is 0.327 e. The lowest BCUT2D eigenvalue weighted by atomic mass is 9.89. The van der Waals surface area contributed by atoms with Crippen LogP contribution in [-0.2, 0) is 49.3 Å². The van der Waals surface area contributed by atoms with E-state index in [1.54, 1.807) is 0 Å². The fraction of sp³-hybridized carbons (Fsp3) is 0.694. The molecule has 45 heavy (non-hydrogen) atoms. The highest BCUT2D eigenvalue weighted by atomic mass is 15.4. The molecule has 5 rings (SSSR count). The molecule has 4 aromatic rings. The van der Waals surface area contributed by atoms with Gasteiger partial charge < -0.3 is 4.57 Å². The SMILES string of the molecule is Cc1cnc(C)n1C(C)(C)C.Cc1nn(C)c(C(C)(C)C)c1C.Cc1nnn(C)c1C(C)(C)C.Cn1nc2c(c1C(C)(C)C)C2. The number of fused-ring (bicyclic) bond motifs is 1. The van der Waals surface area contributed by atoms with E-state index in [0.29, 0.717) is 0 Å². The first-order chi connectivity index (χ1) is 20.2. The Morgan fingerprint density at radius 3 is 1.29 bits per heavy atom. The average molecular weight is 622 g/mol. The summed E-state index contributed by atoms with van der Waals surface area (Å²) >= 11 is 0. The van der Waals surface area contributed by atoms with E-state index in [0.717, 1.165) is 23.6 Å². The highest BCUT2D eigenvalue weighted by Crippen LogP contribution is 2.37. The molecule has 9 heteroatoms. The Balaban J connectivity index is 0.000000209. The van der Waals surface area contributed by atoms with Crippen LogP contribution >= 0.6 is 0 Å². The lowest BCUT2D eigenvalue weighted by Gasteiger charge is -2.24. The van der Waals surface area contributed by atoms with Gasteiger partial charge in [0.25, 0.3) is 0 Å². The molecule has 0 unspecified atom stereocenters. The van der Waals surface area contributed by atoms with Crippen LogP contribution in [0.3, 0.4) is 0 Å². The van der Waals surface area contributed by atoms with Crippen LogP contribution in [0.5, 0.6) is 0 Å². The van der Waals surface area contributed by atoms with Gasteiger partial charge in [-0.05, 0) is 61.0 Å². The van der Waals surface area contributed by atoms with Gasteiger partial charge in [0.15, 0.2) is 0 Å². The quantitative estimate of drug-likeness (QED) is 0.178. The van der Waals surface area contributed by atoms with Crippen molar-refractivity contribution < 1.29 is 0 Å². The van der Waals surface area contributed by atoms with Crippen LogP contribution in [-0.4, -0.2) is 44.1 Å². The van der Waals surface area contributed by atoms with Gasteiger partial charge in [-0.3, -0.25) is 14.0 Å². The van der Waals surface area contributed by atoms with Crippen LogP contribution < -0.4 is 0 Å². The predicted molar refractivity (Wildman–Crippen MR) is 187 cm³/mol. The normalized spacial score (nSPS) is 12.8. The zero-order valence-electron chi connectivity index (χ0n) is 32.3. The van der Waals surface area contributed by atoms with Crippen molar-refractivity contribution in [3.8, 4) is 0 Å². The summed E-state index contributed by atoms with van der Waals surface area (Å²) in [6, 6.07) is 0. The molecule has 0 aliphatic heterocycles. The van der Waals surface area contributed by atoms with Gasteiger partial charge in [0.1, 0.15) is 5.82 Å². The lowest BCUT2D eigenvalue weighted by molar-refractivity contribution is 0.380. The molecule has 4 aromatic heterocycles. The van der Waals surface area contributed by atoms with Crippen molar-refractivity contribution in [3.05, 3.63) is 63.0 Å². The molecule has 0 saturated heterocycles. The van der Waals surface area contributed by atoms with Gasteiger partial charge in [-0.1, -0.05) is 67.5 Å². The Morgan fingerprint density at radius 1 is 0.600 bits per heavy atom. The second-order valence-electron chi connectivity index (χ2n) is 16.6. The molecule has 0 fully saturated rings. The van der Waals surface area contributed by atoms with Gasteiger partial charge >= 0.3 is 0 Å². The van der Waals surface area contributed by atoms with Crippen LogP contribution in [0.2, 0.25) is 0 Å². The number of nitrogens with zero attached hydrogens (tertiary/aromatic N) is 9. The van der Waals surface area contributed by atoms with Crippen LogP contribution in [0.1, 0.15) is 140 Å². The number of hydrogen-bond acceptors (Lipinski definition) is 5. The fourth-order valence-corrected chi connectivity index (χ4v) is 6.68. The van der Waals surface area contributed by atoms with Crippen molar-refractivity contribution in [2.24, 2.45) is 21.1 Å². The maximum absolute atomic E-state index is 4.39. The lowest BCUT2D eigenvalue weighted by Crippen LogP contribution is -2.24. The number of aromatic nitrogens is 9. The molecule has 1 aliphatic carbocycles. The molecule has 252 valence electrons. The molecule has 4 heterocycles. The number of aryl methyl sites for hydroxylation is 7. The first-order valence-corrected chi connectivity index (χ1v) is 16.1. The van der Waals surface area contributed by atoms with E-state index in [1.165, 1.54) is 39.6 Å². The molecule has 0 N–H and O–H groups in total. The van der Waals surface area contributed by atoms with E-state index in [9.17, 15) is 0 Å². The maximum atomic E-state index is 4.39. The summed E-state index contributed by atoms with van der Waals surface area (Å²) in [5.41, 5.74) is 12.2. The summed E-state index contributed by atoms with van der Waals surface area (Å²) in [6.07, 6.45) is 3.05. The Hall–Kier alpha value is -3.23. The van der Waals surface area contributed by atoms with E-state index in [-0.39, 0.29) is 21.8 Å². The molecule has 0 atom stereocenters. The minimum Gasteiger partial charge on any atom is -0.327 e. The number of imidazole rings is 1. The summed E-state index contributed by atoms with van der Waals surface area (Å²) in [5, 5.41) is 16.7. The Kier molecular flexibility index (Phi) is 11.2. The molecular formula is C36H63N9. The van der Waals surface area contributed by atoms with E-state index in [2.05, 4.69) is 134 Å². The first kappa shape index (κ1) is 38.0. The zero-order chi connectivity index (χ0) is 35.0. The summed E-state index contributed by atoms with van der Waals surface area (Å²) in [7, 11) is 5.98. The molecule has 0 spiro atoms. The van der Waals surface area contributed by atoms with Crippen molar-refractivity contribution in [2.45, 2.75) is 146 Å².